The Hall–Kier alpha value is -0.810. The van der Waals surface area contributed by atoms with Crippen LogP contribution in [-0.4, -0.2) is 25.3 Å². The minimum absolute atomic E-state index is 0.0816. The first-order valence-electron chi connectivity index (χ1n) is 5.60. The Kier molecular flexibility index (Phi) is 3.89. The van der Waals surface area contributed by atoms with Crippen LogP contribution < -0.4 is 10.1 Å². The molecular weight excluding hydrogens is 289 g/mol. The minimum atomic E-state index is -0.558. The number of hydrogen-bond donors (Lipinski definition) is 2. The average Bonchev–Trinajstić information content (AvgIpc) is 2.36. The lowest BCUT2D eigenvalue weighted by molar-refractivity contribution is 0.342. The van der Waals surface area contributed by atoms with Crippen LogP contribution in [0.3, 0.4) is 0 Å². The molecule has 94 valence electrons. The fourth-order valence-corrected chi connectivity index (χ4v) is 2.65. The SMILES string of the molecule is COc1c(O)c(C2CCCNC2)cc(Br)c1F. The summed E-state index contributed by atoms with van der Waals surface area (Å²) < 4.78 is 18.9. The van der Waals surface area contributed by atoms with E-state index in [0.29, 0.717) is 4.47 Å². The zero-order valence-electron chi connectivity index (χ0n) is 9.59. The third-order valence-corrected chi connectivity index (χ3v) is 3.70. The lowest BCUT2D eigenvalue weighted by Crippen LogP contribution is -2.28. The lowest BCUT2D eigenvalue weighted by Gasteiger charge is -2.24. The molecule has 1 heterocycles. The van der Waals surface area contributed by atoms with Crippen molar-refractivity contribution in [2.75, 3.05) is 20.2 Å². The van der Waals surface area contributed by atoms with Crippen LogP contribution in [0.15, 0.2) is 10.5 Å². The van der Waals surface area contributed by atoms with Crippen molar-refractivity contribution in [2.24, 2.45) is 0 Å². The van der Waals surface area contributed by atoms with Crippen LogP contribution in [0.4, 0.5) is 4.39 Å². The van der Waals surface area contributed by atoms with Gasteiger partial charge in [-0.05, 0) is 41.4 Å². The van der Waals surface area contributed by atoms with E-state index in [4.69, 9.17) is 4.74 Å². The Bertz CT molecular complexity index is 419. The van der Waals surface area contributed by atoms with E-state index < -0.39 is 5.82 Å². The zero-order chi connectivity index (χ0) is 12.4. The first kappa shape index (κ1) is 12.6. The van der Waals surface area contributed by atoms with Crippen LogP contribution in [0.2, 0.25) is 0 Å². The van der Waals surface area contributed by atoms with Gasteiger partial charge < -0.3 is 15.2 Å². The molecule has 2 N–H and O–H groups in total. The maximum Gasteiger partial charge on any atom is 0.198 e. The Morgan fingerprint density at radius 3 is 2.94 bits per heavy atom. The molecule has 0 spiro atoms. The lowest BCUT2D eigenvalue weighted by atomic mass is 9.91. The molecule has 0 amide bonds. The van der Waals surface area contributed by atoms with Gasteiger partial charge in [0.1, 0.15) is 0 Å². The molecule has 5 heteroatoms. The van der Waals surface area contributed by atoms with Crippen molar-refractivity contribution in [2.45, 2.75) is 18.8 Å². The third-order valence-electron chi connectivity index (χ3n) is 3.12. The fourth-order valence-electron chi connectivity index (χ4n) is 2.23. The van der Waals surface area contributed by atoms with Gasteiger partial charge in [0, 0.05) is 18.0 Å². The number of methoxy groups -OCH3 is 1. The van der Waals surface area contributed by atoms with E-state index in [0.717, 1.165) is 31.5 Å². The predicted octanol–water partition coefficient (Wildman–Crippen LogP) is 2.77. The molecule has 0 radical (unpaired) electrons. The van der Waals surface area contributed by atoms with E-state index in [1.165, 1.54) is 7.11 Å². The van der Waals surface area contributed by atoms with E-state index >= 15 is 0 Å². The summed E-state index contributed by atoms with van der Waals surface area (Å²) in [6.45, 7) is 1.80. The zero-order valence-corrected chi connectivity index (χ0v) is 11.2. The quantitative estimate of drug-likeness (QED) is 0.883. The predicted molar refractivity (Wildman–Crippen MR) is 67.2 cm³/mol. The summed E-state index contributed by atoms with van der Waals surface area (Å²) in [6, 6.07) is 1.64. The van der Waals surface area contributed by atoms with Gasteiger partial charge in [0.15, 0.2) is 17.3 Å². The highest BCUT2D eigenvalue weighted by Crippen LogP contribution is 2.42. The highest BCUT2D eigenvalue weighted by atomic mass is 79.9. The van der Waals surface area contributed by atoms with Crippen LogP contribution in [0.5, 0.6) is 11.5 Å². The monoisotopic (exact) mass is 303 g/mol. The Balaban J connectivity index is 2.42. The van der Waals surface area contributed by atoms with Gasteiger partial charge in [-0.1, -0.05) is 0 Å². The van der Waals surface area contributed by atoms with E-state index in [1.54, 1.807) is 6.07 Å². The third kappa shape index (κ3) is 2.40. The van der Waals surface area contributed by atoms with Gasteiger partial charge in [-0.25, -0.2) is 4.39 Å². The molecule has 0 aromatic heterocycles. The van der Waals surface area contributed by atoms with Crippen molar-refractivity contribution in [3.05, 3.63) is 21.9 Å². The topological polar surface area (TPSA) is 41.5 Å². The molecule has 1 aliphatic heterocycles. The van der Waals surface area contributed by atoms with E-state index in [9.17, 15) is 9.50 Å². The van der Waals surface area contributed by atoms with Gasteiger partial charge in [0.2, 0.25) is 0 Å². The maximum absolute atomic E-state index is 13.7. The summed E-state index contributed by atoms with van der Waals surface area (Å²) in [5.41, 5.74) is 0.738. The van der Waals surface area contributed by atoms with Gasteiger partial charge in [-0.2, -0.15) is 0 Å². The number of aromatic hydroxyl groups is 1. The molecule has 0 aliphatic carbocycles. The molecule has 1 aromatic carbocycles. The molecule has 1 aliphatic rings. The van der Waals surface area contributed by atoms with Crippen LogP contribution >= 0.6 is 15.9 Å². The largest absolute Gasteiger partial charge is 0.504 e. The number of hydrogen-bond acceptors (Lipinski definition) is 3. The van der Waals surface area contributed by atoms with Crippen LogP contribution in [0.1, 0.15) is 24.3 Å². The number of phenolic OH excluding ortho intramolecular Hbond substituents is 1. The van der Waals surface area contributed by atoms with Crippen LogP contribution in [0.25, 0.3) is 0 Å². The minimum Gasteiger partial charge on any atom is -0.504 e. The smallest absolute Gasteiger partial charge is 0.198 e. The van der Waals surface area contributed by atoms with Crippen molar-refractivity contribution in [3.8, 4) is 11.5 Å². The molecule has 1 unspecified atom stereocenters. The number of piperidine rings is 1. The number of ether oxygens (including phenoxy) is 1. The molecule has 0 saturated carbocycles. The second-order valence-corrected chi connectivity index (χ2v) is 5.04. The molecule has 1 aromatic rings. The van der Waals surface area contributed by atoms with E-state index in [1.807, 2.05) is 0 Å². The van der Waals surface area contributed by atoms with Gasteiger partial charge >= 0.3 is 0 Å². The summed E-state index contributed by atoms with van der Waals surface area (Å²) in [4.78, 5) is 0. The van der Waals surface area contributed by atoms with Gasteiger partial charge in [-0.15, -0.1) is 0 Å². The molecule has 17 heavy (non-hydrogen) atoms. The molecule has 1 saturated heterocycles. The second-order valence-electron chi connectivity index (χ2n) is 4.19. The summed E-state index contributed by atoms with van der Waals surface area (Å²) in [5, 5.41) is 13.3. The average molecular weight is 304 g/mol. The standard InChI is InChI=1S/C12H15BrFNO2/c1-17-12-10(14)9(13)5-8(11(12)16)7-3-2-4-15-6-7/h5,7,15-16H,2-4,6H2,1H3. The van der Waals surface area contributed by atoms with Crippen molar-refractivity contribution in [1.29, 1.82) is 0 Å². The number of phenols is 1. The first-order chi connectivity index (χ1) is 8.15. The second kappa shape index (κ2) is 5.23. The Morgan fingerprint density at radius 2 is 2.35 bits per heavy atom. The molecular formula is C12H15BrFNO2. The molecule has 1 fully saturated rings. The fraction of sp³-hybridized carbons (Fsp3) is 0.500. The van der Waals surface area contributed by atoms with Gasteiger partial charge in [0.25, 0.3) is 0 Å². The first-order valence-corrected chi connectivity index (χ1v) is 6.40. The van der Waals surface area contributed by atoms with Crippen molar-refractivity contribution in [3.63, 3.8) is 0 Å². The maximum atomic E-state index is 13.7. The highest BCUT2D eigenvalue weighted by Gasteiger charge is 2.24. The summed E-state index contributed by atoms with van der Waals surface area (Å²) in [6.07, 6.45) is 2.04. The number of benzene rings is 1. The normalized spacial score (nSPS) is 20.3. The Morgan fingerprint density at radius 1 is 1.59 bits per heavy atom. The highest BCUT2D eigenvalue weighted by molar-refractivity contribution is 9.10. The van der Waals surface area contributed by atoms with Gasteiger partial charge in [0.05, 0.1) is 11.6 Å². The van der Waals surface area contributed by atoms with Crippen molar-refractivity contribution in [1.82, 2.24) is 5.32 Å². The number of halogens is 2. The van der Waals surface area contributed by atoms with Crippen LogP contribution in [0, 0.1) is 5.82 Å². The van der Waals surface area contributed by atoms with Crippen LogP contribution in [-0.2, 0) is 0 Å². The summed E-state index contributed by atoms with van der Waals surface area (Å²) in [7, 11) is 1.35. The number of rotatable bonds is 2. The van der Waals surface area contributed by atoms with Gasteiger partial charge in [-0.3, -0.25) is 0 Å². The molecule has 3 nitrogen and oxygen atoms in total. The van der Waals surface area contributed by atoms with Crippen molar-refractivity contribution < 1.29 is 14.2 Å². The Labute approximate surface area is 108 Å². The van der Waals surface area contributed by atoms with Crippen molar-refractivity contribution >= 4 is 15.9 Å². The van der Waals surface area contributed by atoms with E-state index in [-0.39, 0.29) is 17.4 Å². The summed E-state index contributed by atoms with van der Waals surface area (Å²) >= 11 is 3.15. The number of nitrogens with one attached hydrogen (secondary N) is 1. The molecule has 0 bridgehead atoms. The summed E-state index contributed by atoms with van der Waals surface area (Å²) in [5.74, 6) is -0.520. The van der Waals surface area contributed by atoms with E-state index in [2.05, 4.69) is 21.2 Å². The molecule has 1 atom stereocenters. The molecule has 2 rings (SSSR count).